The summed E-state index contributed by atoms with van der Waals surface area (Å²) in [6.07, 6.45) is 0. The fraction of sp³-hybridized carbons (Fsp3) is 0.400. The molecule has 0 aliphatic carbocycles. The van der Waals surface area contributed by atoms with Gasteiger partial charge in [0, 0.05) is 11.1 Å². The molecule has 0 saturated heterocycles. The van der Waals surface area contributed by atoms with Gasteiger partial charge < -0.3 is 18.9 Å². The second-order valence-corrected chi connectivity index (χ2v) is 12.2. The standard InChI is InChI=1S/C20H20I6O4/c1-5-27-17-11(21)9(12(22)18(15(17)25)28-6-2)10-13(23)19(29-7-3)16(26)20(14(10)24)30-8-4/h5-8H2,1-4H3. The molecule has 0 N–H and O–H groups in total. The first kappa shape index (κ1) is 28.3. The van der Waals surface area contributed by atoms with Gasteiger partial charge in [-0.15, -0.1) is 0 Å². The van der Waals surface area contributed by atoms with Crippen LogP contribution in [-0.4, -0.2) is 26.4 Å². The van der Waals surface area contributed by atoms with E-state index in [1.807, 2.05) is 27.7 Å². The van der Waals surface area contributed by atoms with Gasteiger partial charge in [-0.1, -0.05) is 0 Å². The van der Waals surface area contributed by atoms with Crippen LogP contribution >= 0.6 is 136 Å². The molecule has 0 fully saturated rings. The summed E-state index contributed by atoms with van der Waals surface area (Å²) in [6.45, 7) is 10.4. The van der Waals surface area contributed by atoms with Crippen LogP contribution in [0.2, 0.25) is 0 Å². The van der Waals surface area contributed by atoms with Crippen LogP contribution in [0.25, 0.3) is 11.1 Å². The Bertz CT molecular complexity index is 791. The molecule has 2 aromatic carbocycles. The van der Waals surface area contributed by atoms with Gasteiger partial charge in [-0.05, 0) is 163 Å². The molecule has 0 heterocycles. The van der Waals surface area contributed by atoms with Gasteiger partial charge in [-0.3, -0.25) is 0 Å². The topological polar surface area (TPSA) is 36.9 Å². The highest BCUT2D eigenvalue weighted by Gasteiger charge is 2.30. The molecule has 0 unspecified atom stereocenters. The molecule has 0 bridgehead atoms. The van der Waals surface area contributed by atoms with Gasteiger partial charge in [-0.25, -0.2) is 0 Å². The van der Waals surface area contributed by atoms with E-state index < -0.39 is 0 Å². The molecule has 0 aliphatic rings. The Hall–Kier alpha value is 2.02. The van der Waals surface area contributed by atoms with Crippen LogP contribution in [0.15, 0.2) is 0 Å². The highest BCUT2D eigenvalue weighted by atomic mass is 127. The zero-order valence-corrected chi connectivity index (χ0v) is 29.7. The van der Waals surface area contributed by atoms with Crippen LogP contribution in [0.1, 0.15) is 27.7 Å². The van der Waals surface area contributed by atoms with Crippen molar-refractivity contribution in [1.29, 1.82) is 0 Å². The smallest absolute Gasteiger partial charge is 0.150 e. The lowest BCUT2D eigenvalue weighted by Crippen LogP contribution is -2.09. The molecule has 0 atom stereocenters. The fourth-order valence-corrected chi connectivity index (χ4v) is 11.4. The van der Waals surface area contributed by atoms with Crippen LogP contribution in [-0.2, 0) is 0 Å². The summed E-state index contributed by atoms with van der Waals surface area (Å²) in [6, 6.07) is 0. The molecule has 0 aliphatic heterocycles. The molecular weight excluding hydrogens is 1070 g/mol. The maximum atomic E-state index is 6.06. The molecule has 0 amide bonds. The van der Waals surface area contributed by atoms with E-state index in [4.69, 9.17) is 18.9 Å². The van der Waals surface area contributed by atoms with Gasteiger partial charge in [0.15, 0.2) is 0 Å². The molecule has 2 aromatic rings. The quantitative estimate of drug-likeness (QED) is 0.236. The van der Waals surface area contributed by atoms with Crippen molar-refractivity contribution in [2.24, 2.45) is 0 Å². The third-order valence-corrected chi connectivity index (χ3v) is 9.95. The van der Waals surface area contributed by atoms with Crippen molar-refractivity contribution in [2.45, 2.75) is 27.7 Å². The summed E-state index contributed by atoms with van der Waals surface area (Å²) in [4.78, 5) is 0. The normalized spacial score (nSPS) is 10.9. The highest BCUT2D eigenvalue weighted by Crippen LogP contribution is 2.52. The predicted octanol–water partition coefficient (Wildman–Crippen LogP) is 8.58. The summed E-state index contributed by atoms with van der Waals surface area (Å²) in [5, 5.41) is 0. The molecule has 0 aromatic heterocycles. The fourth-order valence-electron chi connectivity index (χ4n) is 2.76. The number of ether oxygens (including phenoxy) is 4. The molecule has 10 heteroatoms. The Morgan fingerprint density at radius 2 is 0.600 bits per heavy atom. The van der Waals surface area contributed by atoms with Gasteiger partial charge in [-0.2, -0.15) is 0 Å². The van der Waals surface area contributed by atoms with E-state index in [2.05, 4.69) is 136 Å². The number of hydrogen-bond acceptors (Lipinski definition) is 4. The van der Waals surface area contributed by atoms with Crippen molar-refractivity contribution in [3.8, 4) is 34.1 Å². The minimum atomic E-state index is 0.590. The second-order valence-electron chi connectivity index (χ2n) is 5.68. The predicted molar refractivity (Wildman–Crippen MR) is 173 cm³/mol. The van der Waals surface area contributed by atoms with Crippen molar-refractivity contribution in [1.82, 2.24) is 0 Å². The van der Waals surface area contributed by atoms with Crippen molar-refractivity contribution in [3.05, 3.63) is 21.4 Å². The third-order valence-electron chi connectivity index (χ3n) is 3.88. The molecule has 30 heavy (non-hydrogen) atoms. The first-order valence-corrected chi connectivity index (χ1v) is 15.7. The zero-order valence-electron chi connectivity index (χ0n) is 16.7. The van der Waals surface area contributed by atoms with Crippen LogP contribution in [0.5, 0.6) is 23.0 Å². The van der Waals surface area contributed by atoms with Gasteiger partial charge in [0.2, 0.25) is 0 Å². The summed E-state index contributed by atoms with van der Waals surface area (Å²) >= 11 is 14.2. The minimum absolute atomic E-state index is 0.590. The third kappa shape index (κ3) is 5.80. The maximum Gasteiger partial charge on any atom is 0.150 e. The van der Waals surface area contributed by atoms with Gasteiger partial charge in [0.1, 0.15) is 23.0 Å². The van der Waals surface area contributed by atoms with Crippen molar-refractivity contribution >= 4 is 136 Å². The van der Waals surface area contributed by atoms with E-state index in [1.54, 1.807) is 0 Å². The Labute approximate surface area is 259 Å². The maximum absolute atomic E-state index is 6.06. The Balaban J connectivity index is 3.02. The van der Waals surface area contributed by atoms with E-state index >= 15 is 0 Å². The zero-order chi connectivity index (χ0) is 22.6. The van der Waals surface area contributed by atoms with E-state index in [9.17, 15) is 0 Å². The van der Waals surface area contributed by atoms with Crippen LogP contribution in [0.4, 0.5) is 0 Å². The number of benzene rings is 2. The SMILES string of the molecule is CCOc1c(I)c(OCC)c(I)c(-c2c(I)c(OCC)c(I)c(OCC)c2I)c1I. The summed E-state index contributed by atoms with van der Waals surface area (Å²) in [5.74, 6) is 3.44. The number of halogens is 6. The summed E-state index contributed by atoms with van der Waals surface area (Å²) < 4.78 is 30.5. The van der Waals surface area contributed by atoms with Crippen molar-refractivity contribution < 1.29 is 18.9 Å². The Kier molecular flexibility index (Phi) is 12.4. The number of rotatable bonds is 9. The summed E-state index contributed by atoms with van der Waals surface area (Å²) in [7, 11) is 0. The lowest BCUT2D eigenvalue weighted by Gasteiger charge is -2.23. The molecule has 166 valence electrons. The minimum Gasteiger partial charge on any atom is -0.491 e. The van der Waals surface area contributed by atoms with Crippen molar-refractivity contribution in [3.63, 3.8) is 0 Å². The van der Waals surface area contributed by atoms with E-state index in [0.29, 0.717) is 26.4 Å². The van der Waals surface area contributed by atoms with E-state index in [-0.39, 0.29) is 0 Å². The average molecular weight is 1090 g/mol. The van der Waals surface area contributed by atoms with Crippen LogP contribution < -0.4 is 18.9 Å². The lowest BCUT2D eigenvalue weighted by atomic mass is 10.0. The summed E-state index contributed by atoms with van der Waals surface area (Å²) in [5.41, 5.74) is 2.19. The van der Waals surface area contributed by atoms with E-state index in [1.165, 1.54) is 0 Å². The van der Waals surface area contributed by atoms with Gasteiger partial charge in [0.05, 0.1) is 47.8 Å². The molecule has 0 radical (unpaired) electrons. The molecule has 2 rings (SSSR count). The second kappa shape index (κ2) is 13.2. The monoisotopic (exact) mass is 1090 g/mol. The first-order valence-electron chi connectivity index (χ1n) is 9.18. The molecular formula is C20H20I6O4. The lowest BCUT2D eigenvalue weighted by molar-refractivity contribution is 0.314. The number of hydrogen-bond donors (Lipinski definition) is 0. The van der Waals surface area contributed by atoms with Crippen molar-refractivity contribution in [2.75, 3.05) is 26.4 Å². The van der Waals surface area contributed by atoms with Gasteiger partial charge >= 0.3 is 0 Å². The van der Waals surface area contributed by atoms with Gasteiger partial charge in [0.25, 0.3) is 0 Å². The molecule has 0 spiro atoms. The van der Waals surface area contributed by atoms with Crippen LogP contribution in [0, 0.1) is 21.4 Å². The van der Waals surface area contributed by atoms with E-state index in [0.717, 1.165) is 55.5 Å². The highest BCUT2D eigenvalue weighted by molar-refractivity contribution is 14.1. The Morgan fingerprint density at radius 3 is 0.767 bits per heavy atom. The molecule has 0 saturated carbocycles. The van der Waals surface area contributed by atoms with Crippen LogP contribution in [0.3, 0.4) is 0 Å². The molecule has 4 nitrogen and oxygen atoms in total. The largest absolute Gasteiger partial charge is 0.491 e. The Morgan fingerprint density at radius 1 is 0.400 bits per heavy atom. The first-order chi connectivity index (χ1) is 14.3. The average Bonchev–Trinajstić information content (AvgIpc) is 2.71.